The Bertz CT molecular complexity index is 315. The van der Waals surface area contributed by atoms with E-state index in [0.717, 1.165) is 24.3 Å². The zero-order valence-electron chi connectivity index (χ0n) is 10.6. The van der Waals surface area contributed by atoms with Gasteiger partial charge in [-0.15, -0.1) is 0 Å². The average molecular weight is 237 g/mol. The van der Waals surface area contributed by atoms with E-state index in [1.54, 1.807) is 0 Å². The lowest BCUT2D eigenvalue weighted by atomic mass is 10.1. The Morgan fingerprint density at radius 3 is 2.88 bits per heavy atom. The van der Waals surface area contributed by atoms with Crippen molar-refractivity contribution in [2.24, 2.45) is 5.73 Å². The predicted octanol–water partition coefficient (Wildman–Crippen LogP) is 2.64. The molecule has 0 unspecified atom stereocenters. The summed E-state index contributed by atoms with van der Waals surface area (Å²) < 4.78 is 5.63. The lowest BCUT2D eigenvalue weighted by Crippen LogP contribution is -2.07. The summed E-state index contributed by atoms with van der Waals surface area (Å²) in [5, 5.41) is 9.82. The van der Waals surface area contributed by atoms with E-state index in [9.17, 15) is 5.11 Å². The summed E-state index contributed by atoms with van der Waals surface area (Å²) in [6.07, 6.45) is 3.55. The number of hydrogen-bond acceptors (Lipinski definition) is 3. The normalized spacial score (nSPS) is 12.4. The number of aliphatic hydroxyl groups excluding tert-OH is 1. The standard InChI is InChI=1S/C14H23NO2/c1-2-3-4-10-17-13-7-5-6-12(11-13)14(16)8-9-15/h5-7,11,14,16H,2-4,8-10,15H2,1H3/t14-/m1/s1. The molecule has 3 nitrogen and oxygen atoms in total. The maximum Gasteiger partial charge on any atom is 0.119 e. The third kappa shape index (κ3) is 5.20. The molecule has 0 radical (unpaired) electrons. The zero-order valence-corrected chi connectivity index (χ0v) is 10.6. The van der Waals surface area contributed by atoms with E-state index < -0.39 is 6.10 Å². The molecule has 0 bridgehead atoms. The van der Waals surface area contributed by atoms with Crippen molar-refractivity contribution in [3.63, 3.8) is 0 Å². The van der Waals surface area contributed by atoms with Gasteiger partial charge in [-0.3, -0.25) is 0 Å². The van der Waals surface area contributed by atoms with Gasteiger partial charge in [0.05, 0.1) is 12.7 Å². The fourth-order valence-corrected chi connectivity index (χ4v) is 1.68. The molecule has 96 valence electrons. The van der Waals surface area contributed by atoms with E-state index in [0.29, 0.717) is 13.0 Å². The smallest absolute Gasteiger partial charge is 0.119 e. The first kappa shape index (κ1) is 14.0. The molecule has 0 aliphatic rings. The largest absolute Gasteiger partial charge is 0.494 e. The number of hydrogen-bond donors (Lipinski definition) is 2. The van der Waals surface area contributed by atoms with Crippen molar-refractivity contribution in [1.82, 2.24) is 0 Å². The fraction of sp³-hybridized carbons (Fsp3) is 0.571. The highest BCUT2D eigenvalue weighted by Gasteiger charge is 2.07. The minimum atomic E-state index is -0.487. The third-order valence-corrected chi connectivity index (χ3v) is 2.70. The lowest BCUT2D eigenvalue weighted by Gasteiger charge is -2.12. The Balaban J connectivity index is 2.47. The van der Waals surface area contributed by atoms with Crippen molar-refractivity contribution in [3.8, 4) is 5.75 Å². The van der Waals surface area contributed by atoms with Gasteiger partial charge in [-0.1, -0.05) is 31.9 Å². The minimum absolute atomic E-state index is 0.487. The Morgan fingerprint density at radius 1 is 1.35 bits per heavy atom. The van der Waals surface area contributed by atoms with Crippen LogP contribution in [0.1, 0.15) is 44.3 Å². The Labute approximate surface area is 104 Å². The molecule has 17 heavy (non-hydrogen) atoms. The van der Waals surface area contributed by atoms with Crippen LogP contribution in [0, 0.1) is 0 Å². The summed E-state index contributed by atoms with van der Waals surface area (Å²) in [5.74, 6) is 0.828. The third-order valence-electron chi connectivity index (χ3n) is 2.70. The van der Waals surface area contributed by atoms with E-state index in [-0.39, 0.29) is 0 Å². The minimum Gasteiger partial charge on any atom is -0.494 e. The first-order valence-corrected chi connectivity index (χ1v) is 6.38. The SMILES string of the molecule is CCCCCOc1cccc([C@H](O)CCN)c1. The van der Waals surface area contributed by atoms with Crippen LogP contribution in [0.15, 0.2) is 24.3 Å². The van der Waals surface area contributed by atoms with Crippen molar-refractivity contribution in [2.45, 2.75) is 38.7 Å². The number of benzene rings is 1. The van der Waals surface area contributed by atoms with E-state index in [2.05, 4.69) is 6.92 Å². The number of nitrogens with two attached hydrogens (primary N) is 1. The fourth-order valence-electron chi connectivity index (χ4n) is 1.68. The van der Waals surface area contributed by atoms with Crippen molar-refractivity contribution in [1.29, 1.82) is 0 Å². The van der Waals surface area contributed by atoms with Crippen LogP contribution >= 0.6 is 0 Å². The van der Waals surface area contributed by atoms with Crippen LogP contribution in [0.2, 0.25) is 0 Å². The summed E-state index contributed by atoms with van der Waals surface area (Å²) in [4.78, 5) is 0. The molecule has 3 N–H and O–H groups in total. The highest BCUT2D eigenvalue weighted by Crippen LogP contribution is 2.21. The maximum atomic E-state index is 9.82. The molecule has 0 fully saturated rings. The molecule has 1 aromatic carbocycles. The monoisotopic (exact) mass is 237 g/mol. The van der Waals surface area contributed by atoms with Crippen LogP contribution in [0.4, 0.5) is 0 Å². The lowest BCUT2D eigenvalue weighted by molar-refractivity contribution is 0.169. The van der Waals surface area contributed by atoms with Gasteiger partial charge in [0, 0.05) is 0 Å². The number of aliphatic hydroxyl groups is 1. The van der Waals surface area contributed by atoms with Crippen LogP contribution in [0.25, 0.3) is 0 Å². The molecule has 3 heteroatoms. The van der Waals surface area contributed by atoms with Gasteiger partial charge in [0.2, 0.25) is 0 Å². The van der Waals surface area contributed by atoms with Crippen LogP contribution in [-0.2, 0) is 0 Å². The second kappa shape index (κ2) is 8.09. The molecule has 0 saturated heterocycles. The Morgan fingerprint density at radius 2 is 2.18 bits per heavy atom. The summed E-state index contributed by atoms with van der Waals surface area (Å²) in [7, 11) is 0. The summed E-state index contributed by atoms with van der Waals surface area (Å²) in [5.41, 5.74) is 6.31. The number of unbranched alkanes of at least 4 members (excludes halogenated alkanes) is 2. The van der Waals surface area contributed by atoms with E-state index in [4.69, 9.17) is 10.5 Å². The quantitative estimate of drug-likeness (QED) is 0.683. The Hall–Kier alpha value is -1.06. The van der Waals surface area contributed by atoms with Crippen LogP contribution in [0.5, 0.6) is 5.75 Å². The molecule has 0 aliphatic carbocycles. The predicted molar refractivity (Wildman–Crippen MR) is 70.1 cm³/mol. The van der Waals surface area contributed by atoms with E-state index >= 15 is 0 Å². The average Bonchev–Trinajstić information content (AvgIpc) is 2.35. The highest BCUT2D eigenvalue weighted by molar-refractivity contribution is 5.29. The van der Waals surface area contributed by atoms with Crippen LogP contribution < -0.4 is 10.5 Å². The molecule has 1 atom stereocenters. The summed E-state index contributed by atoms with van der Waals surface area (Å²) in [6, 6.07) is 7.63. The Kier molecular flexibility index (Phi) is 6.67. The second-order valence-electron chi connectivity index (χ2n) is 4.22. The van der Waals surface area contributed by atoms with Crippen molar-refractivity contribution < 1.29 is 9.84 Å². The highest BCUT2D eigenvalue weighted by atomic mass is 16.5. The second-order valence-corrected chi connectivity index (χ2v) is 4.22. The molecule has 1 aromatic rings. The first-order valence-electron chi connectivity index (χ1n) is 6.38. The van der Waals surface area contributed by atoms with Gasteiger partial charge in [-0.2, -0.15) is 0 Å². The van der Waals surface area contributed by atoms with Crippen molar-refractivity contribution in [3.05, 3.63) is 29.8 Å². The molecule has 0 heterocycles. The van der Waals surface area contributed by atoms with Gasteiger partial charge in [-0.05, 0) is 37.1 Å². The van der Waals surface area contributed by atoms with Crippen LogP contribution in [-0.4, -0.2) is 18.3 Å². The van der Waals surface area contributed by atoms with Gasteiger partial charge in [0.1, 0.15) is 5.75 Å². The summed E-state index contributed by atoms with van der Waals surface area (Å²) >= 11 is 0. The molecule has 0 spiro atoms. The van der Waals surface area contributed by atoms with Gasteiger partial charge < -0.3 is 15.6 Å². The van der Waals surface area contributed by atoms with Crippen molar-refractivity contribution >= 4 is 0 Å². The molecule has 0 amide bonds. The summed E-state index contributed by atoms with van der Waals surface area (Å²) in [6.45, 7) is 3.40. The molecule has 0 aromatic heterocycles. The maximum absolute atomic E-state index is 9.82. The van der Waals surface area contributed by atoms with Gasteiger partial charge in [0.25, 0.3) is 0 Å². The van der Waals surface area contributed by atoms with E-state index in [1.807, 2.05) is 24.3 Å². The topological polar surface area (TPSA) is 55.5 Å². The molecule has 0 saturated carbocycles. The molecular weight excluding hydrogens is 214 g/mol. The van der Waals surface area contributed by atoms with Crippen molar-refractivity contribution in [2.75, 3.05) is 13.2 Å². The van der Waals surface area contributed by atoms with Crippen LogP contribution in [0.3, 0.4) is 0 Å². The molecule has 0 aliphatic heterocycles. The molecule has 1 rings (SSSR count). The molecular formula is C14H23NO2. The zero-order chi connectivity index (χ0) is 12.5. The van der Waals surface area contributed by atoms with Gasteiger partial charge >= 0.3 is 0 Å². The van der Waals surface area contributed by atoms with Gasteiger partial charge in [-0.25, -0.2) is 0 Å². The van der Waals surface area contributed by atoms with E-state index in [1.165, 1.54) is 12.8 Å². The first-order chi connectivity index (χ1) is 8.27. The number of ether oxygens (including phenoxy) is 1. The van der Waals surface area contributed by atoms with Gasteiger partial charge in [0.15, 0.2) is 0 Å². The number of rotatable bonds is 8.